The van der Waals surface area contributed by atoms with Crippen molar-refractivity contribution in [2.75, 3.05) is 5.73 Å². The number of rotatable bonds is 2. The average molecular weight is 258 g/mol. The van der Waals surface area contributed by atoms with Gasteiger partial charge in [0.25, 0.3) is 0 Å². The first-order chi connectivity index (χ1) is 9.02. The third-order valence-corrected chi connectivity index (χ3v) is 2.25. The minimum atomic E-state index is -0.988. The van der Waals surface area contributed by atoms with Gasteiger partial charge in [-0.05, 0) is 24.3 Å². The monoisotopic (exact) mass is 258 g/mol. The highest BCUT2D eigenvalue weighted by Gasteiger charge is 2.03. The Morgan fingerprint density at radius 2 is 1.42 bits per heavy atom. The molecule has 0 unspecified atom stereocenters. The first-order valence-electron chi connectivity index (χ1n) is 5.45. The summed E-state index contributed by atoms with van der Waals surface area (Å²) in [5, 5.41) is 8.49. The van der Waals surface area contributed by atoms with Gasteiger partial charge in [-0.2, -0.15) is 0 Å². The molecule has 0 aromatic heterocycles. The van der Waals surface area contributed by atoms with Crippen molar-refractivity contribution in [3.63, 3.8) is 0 Å². The van der Waals surface area contributed by atoms with E-state index < -0.39 is 5.97 Å². The number of carboxylic acid groups (broad SMARTS) is 1. The van der Waals surface area contributed by atoms with E-state index >= 15 is 0 Å². The zero-order valence-electron chi connectivity index (χ0n) is 10.1. The number of hydrogen-bond acceptors (Lipinski definition) is 3. The molecule has 0 atom stereocenters. The number of benzene rings is 2. The lowest BCUT2D eigenvalue weighted by Gasteiger charge is -1.96. The minimum Gasteiger partial charge on any atom is -0.478 e. The van der Waals surface area contributed by atoms with Gasteiger partial charge in [0.15, 0.2) is 0 Å². The summed E-state index contributed by atoms with van der Waals surface area (Å²) >= 11 is 0. The highest BCUT2D eigenvalue weighted by atomic mass is 16.4. The van der Waals surface area contributed by atoms with Gasteiger partial charge in [0.05, 0.1) is 5.56 Å². The van der Waals surface area contributed by atoms with Crippen molar-refractivity contribution in [2.24, 2.45) is 5.73 Å². The fourth-order valence-corrected chi connectivity index (χ4v) is 1.29. The van der Waals surface area contributed by atoms with Gasteiger partial charge in [-0.25, -0.2) is 4.79 Å². The van der Waals surface area contributed by atoms with Gasteiger partial charge in [0.2, 0.25) is 5.91 Å². The van der Waals surface area contributed by atoms with E-state index in [2.05, 4.69) is 0 Å². The van der Waals surface area contributed by atoms with Crippen molar-refractivity contribution in [1.29, 1.82) is 0 Å². The van der Waals surface area contributed by atoms with E-state index in [1.54, 1.807) is 42.5 Å². The predicted molar refractivity (Wildman–Crippen MR) is 72.8 cm³/mol. The van der Waals surface area contributed by atoms with Gasteiger partial charge in [-0.15, -0.1) is 0 Å². The largest absolute Gasteiger partial charge is 0.478 e. The zero-order chi connectivity index (χ0) is 14.3. The number of nitrogens with two attached hydrogens (primary N) is 2. The zero-order valence-corrected chi connectivity index (χ0v) is 10.1. The van der Waals surface area contributed by atoms with Gasteiger partial charge in [-0.3, -0.25) is 4.79 Å². The van der Waals surface area contributed by atoms with Crippen LogP contribution in [-0.2, 0) is 0 Å². The fraction of sp³-hybridized carbons (Fsp3) is 0. The standard InChI is InChI=1S/C7H7NO2.C7H7NO/c8-6-4-2-1-3-5(6)7(9)10;8-7(9)6-4-2-1-3-5-6/h1-4H,8H2,(H,9,10);1-5H,(H2,8,9). The van der Waals surface area contributed by atoms with Gasteiger partial charge in [-0.1, -0.05) is 30.3 Å². The molecule has 2 aromatic carbocycles. The Bertz CT molecular complexity index is 568. The maximum Gasteiger partial charge on any atom is 0.337 e. The summed E-state index contributed by atoms with van der Waals surface area (Å²) < 4.78 is 0. The molecule has 0 fully saturated rings. The minimum absolute atomic E-state index is 0.155. The van der Waals surface area contributed by atoms with E-state index in [9.17, 15) is 9.59 Å². The topological polar surface area (TPSA) is 106 Å². The second kappa shape index (κ2) is 6.80. The van der Waals surface area contributed by atoms with E-state index in [-0.39, 0.29) is 11.5 Å². The van der Waals surface area contributed by atoms with Gasteiger partial charge in [0.1, 0.15) is 0 Å². The van der Waals surface area contributed by atoms with Crippen molar-refractivity contribution >= 4 is 17.6 Å². The summed E-state index contributed by atoms with van der Waals surface area (Å²) in [7, 11) is 0. The van der Waals surface area contributed by atoms with E-state index in [0.717, 1.165) is 0 Å². The predicted octanol–water partition coefficient (Wildman–Crippen LogP) is 1.75. The highest BCUT2D eigenvalue weighted by Crippen LogP contribution is 2.09. The molecule has 5 heteroatoms. The number of para-hydroxylation sites is 1. The van der Waals surface area contributed by atoms with Crippen LogP contribution in [0, 0.1) is 0 Å². The quantitative estimate of drug-likeness (QED) is 0.713. The number of aromatic carboxylic acids is 1. The normalized spacial score (nSPS) is 9.05. The molecule has 0 aliphatic heterocycles. The fourth-order valence-electron chi connectivity index (χ4n) is 1.29. The first kappa shape index (κ1) is 14.2. The molecular formula is C14H14N2O3. The molecule has 19 heavy (non-hydrogen) atoms. The lowest BCUT2D eigenvalue weighted by molar-refractivity contribution is 0.0698. The van der Waals surface area contributed by atoms with Gasteiger partial charge in [0, 0.05) is 11.3 Å². The van der Waals surface area contributed by atoms with Crippen molar-refractivity contribution < 1.29 is 14.7 Å². The van der Waals surface area contributed by atoms with Crippen LogP contribution in [0.25, 0.3) is 0 Å². The number of nitrogen functional groups attached to an aromatic ring is 1. The summed E-state index contributed by atoms with van der Waals surface area (Å²) in [4.78, 5) is 20.8. The molecule has 2 rings (SSSR count). The Hall–Kier alpha value is -2.82. The number of hydrogen-bond donors (Lipinski definition) is 3. The molecule has 0 saturated carbocycles. The highest BCUT2D eigenvalue weighted by molar-refractivity contribution is 5.93. The Labute approximate surface area is 110 Å². The Balaban J connectivity index is 0.000000191. The van der Waals surface area contributed by atoms with Crippen LogP contribution in [0.5, 0.6) is 0 Å². The SMILES string of the molecule is NC(=O)c1ccccc1.Nc1ccccc1C(=O)O. The molecule has 5 N–H and O–H groups in total. The molecule has 5 nitrogen and oxygen atoms in total. The number of amides is 1. The summed E-state index contributed by atoms with van der Waals surface area (Å²) in [6.45, 7) is 0. The van der Waals surface area contributed by atoms with E-state index in [4.69, 9.17) is 16.6 Å². The van der Waals surface area contributed by atoms with Crippen LogP contribution in [0.1, 0.15) is 20.7 Å². The van der Waals surface area contributed by atoms with E-state index in [1.165, 1.54) is 6.07 Å². The summed E-state index contributed by atoms with van der Waals surface area (Å²) in [5.74, 6) is -1.37. The van der Waals surface area contributed by atoms with E-state index in [1.807, 2.05) is 6.07 Å². The number of carboxylic acids is 1. The molecule has 1 amide bonds. The van der Waals surface area contributed by atoms with Crippen LogP contribution in [0.4, 0.5) is 5.69 Å². The second-order valence-corrected chi connectivity index (χ2v) is 3.62. The molecule has 0 aliphatic rings. The van der Waals surface area contributed by atoms with Crippen LogP contribution in [-0.4, -0.2) is 17.0 Å². The number of carbonyl (C=O) groups is 2. The molecule has 2 aromatic rings. The maximum atomic E-state index is 10.4. The molecule has 98 valence electrons. The van der Waals surface area contributed by atoms with Crippen LogP contribution in [0.2, 0.25) is 0 Å². The summed E-state index contributed by atoms with van der Waals surface area (Å²) in [6.07, 6.45) is 0. The Morgan fingerprint density at radius 1 is 0.895 bits per heavy atom. The second-order valence-electron chi connectivity index (χ2n) is 3.62. The number of anilines is 1. The smallest absolute Gasteiger partial charge is 0.337 e. The van der Waals surface area contributed by atoms with Crippen LogP contribution in [0.3, 0.4) is 0 Å². The molecule has 0 radical (unpaired) electrons. The average Bonchev–Trinajstić information content (AvgIpc) is 2.40. The summed E-state index contributed by atoms with van der Waals surface area (Å²) in [6, 6.07) is 15.1. The van der Waals surface area contributed by atoms with Gasteiger partial charge >= 0.3 is 5.97 Å². The maximum absolute atomic E-state index is 10.4. The van der Waals surface area contributed by atoms with Crippen LogP contribution >= 0.6 is 0 Å². The molecule has 0 heterocycles. The lowest BCUT2D eigenvalue weighted by atomic mass is 10.2. The summed E-state index contributed by atoms with van der Waals surface area (Å²) in [5.41, 5.74) is 11.3. The third-order valence-electron chi connectivity index (χ3n) is 2.25. The van der Waals surface area contributed by atoms with E-state index in [0.29, 0.717) is 11.3 Å². The molecule has 0 bridgehead atoms. The number of primary amides is 1. The van der Waals surface area contributed by atoms with Gasteiger partial charge < -0.3 is 16.6 Å². The van der Waals surface area contributed by atoms with Crippen molar-refractivity contribution in [2.45, 2.75) is 0 Å². The Kier molecular flexibility index (Phi) is 5.10. The molecule has 0 spiro atoms. The van der Waals surface area contributed by atoms with Crippen LogP contribution in [0.15, 0.2) is 54.6 Å². The van der Waals surface area contributed by atoms with Crippen molar-refractivity contribution in [1.82, 2.24) is 0 Å². The number of carbonyl (C=O) groups excluding carboxylic acids is 1. The Morgan fingerprint density at radius 3 is 1.79 bits per heavy atom. The third kappa shape index (κ3) is 4.51. The van der Waals surface area contributed by atoms with Crippen molar-refractivity contribution in [3.05, 3.63) is 65.7 Å². The molecular weight excluding hydrogens is 244 g/mol. The van der Waals surface area contributed by atoms with Crippen molar-refractivity contribution in [3.8, 4) is 0 Å². The van der Waals surface area contributed by atoms with Crippen LogP contribution < -0.4 is 11.5 Å². The lowest BCUT2D eigenvalue weighted by Crippen LogP contribution is -2.09. The molecule has 0 saturated heterocycles. The first-order valence-corrected chi connectivity index (χ1v) is 5.45. The molecule has 0 aliphatic carbocycles.